The number of nitrogens with one attached hydrogen (secondary N) is 2. The fourth-order valence-electron chi connectivity index (χ4n) is 3.41. The molecule has 0 unspecified atom stereocenters. The van der Waals surface area contributed by atoms with Crippen LogP contribution in [0.1, 0.15) is 44.3 Å². The first kappa shape index (κ1) is 27.8. The van der Waals surface area contributed by atoms with Crippen LogP contribution in [-0.4, -0.2) is 40.6 Å². The number of anilines is 1. The molecule has 0 saturated heterocycles. The van der Waals surface area contributed by atoms with Crippen LogP contribution in [-0.2, 0) is 11.2 Å². The third-order valence-electron chi connectivity index (χ3n) is 5.08. The summed E-state index contributed by atoms with van der Waals surface area (Å²) in [6, 6.07) is 18.3. The van der Waals surface area contributed by atoms with Crippen LogP contribution in [0.15, 0.2) is 71.2 Å². The molecule has 7 nitrogen and oxygen atoms in total. The van der Waals surface area contributed by atoms with Gasteiger partial charge in [-0.3, -0.25) is 9.59 Å². The van der Waals surface area contributed by atoms with Crippen molar-refractivity contribution >= 4 is 39.4 Å². The third kappa shape index (κ3) is 8.05. The Labute approximate surface area is 213 Å². The zero-order chi connectivity index (χ0) is 26.0. The summed E-state index contributed by atoms with van der Waals surface area (Å²) in [6.45, 7) is 5.71. The zero-order valence-electron chi connectivity index (χ0n) is 19.8. The molecule has 3 aromatic rings. The van der Waals surface area contributed by atoms with E-state index in [0.717, 1.165) is 16.7 Å². The highest BCUT2D eigenvalue weighted by molar-refractivity contribution is 9.10. The number of aliphatic hydroxyl groups excluding tert-OH is 1. The number of rotatable bonds is 7. The van der Waals surface area contributed by atoms with Crippen molar-refractivity contribution in [1.82, 2.24) is 5.32 Å². The van der Waals surface area contributed by atoms with Crippen molar-refractivity contribution < 1.29 is 24.6 Å². The van der Waals surface area contributed by atoms with Crippen LogP contribution in [0.25, 0.3) is 0 Å². The molecule has 0 aromatic heterocycles. The molecule has 0 heterocycles. The fourth-order valence-corrected chi connectivity index (χ4v) is 3.87. The Kier molecular flexibility index (Phi) is 10.6. The Hall–Kier alpha value is -3.49. The predicted molar refractivity (Wildman–Crippen MR) is 140 cm³/mol. The van der Waals surface area contributed by atoms with Gasteiger partial charge in [0, 0.05) is 28.8 Å². The Morgan fingerprint density at radius 2 is 1.46 bits per heavy atom. The van der Waals surface area contributed by atoms with Crippen LogP contribution < -0.4 is 10.6 Å². The maximum Gasteiger partial charge on any atom is 0.326 e. The standard InChI is InChI=1S/C25H23BrN2O4.C2H6O/c1-15-6-5-7-16(2)22(15)24(30)27-18-12-10-17(11-13-18)14-21(25(31)32)28-23(29)19-8-3-4-9-20(19)26;1-2-3/h3-13,21H,14H2,1-2H3,(H,27,30)(H,28,29)(H,31,32);3H,2H2,1H3/t21-;/m0./s1. The number of aliphatic carboxylic acids is 1. The average Bonchev–Trinajstić information content (AvgIpc) is 2.80. The van der Waals surface area contributed by atoms with Crippen LogP contribution in [0, 0.1) is 13.8 Å². The van der Waals surface area contributed by atoms with E-state index < -0.39 is 17.9 Å². The fraction of sp³-hybridized carbons (Fsp3) is 0.222. The van der Waals surface area contributed by atoms with E-state index in [2.05, 4.69) is 26.6 Å². The summed E-state index contributed by atoms with van der Waals surface area (Å²) in [5, 5.41) is 22.6. The van der Waals surface area contributed by atoms with Crippen molar-refractivity contribution in [2.45, 2.75) is 33.2 Å². The van der Waals surface area contributed by atoms with Crippen molar-refractivity contribution in [2.75, 3.05) is 11.9 Å². The maximum absolute atomic E-state index is 12.7. The minimum absolute atomic E-state index is 0.108. The number of aliphatic hydroxyl groups is 1. The molecule has 3 rings (SSSR count). The number of aryl methyl sites for hydroxylation is 2. The van der Waals surface area contributed by atoms with Crippen LogP contribution in [0.2, 0.25) is 0 Å². The van der Waals surface area contributed by atoms with Gasteiger partial charge in [0.05, 0.1) is 5.56 Å². The van der Waals surface area contributed by atoms with Gasteiger partial charge in [-0.2, -0.15) is 0 Å². The van der Waals surface area contributed by atoms with E-state index in [4.69, 9.17) is 5.11 Å². The largest absolute Gasteiger partial charge is 0.480 e. The number of halogens is 1. The highest BCUT2D eigenvalue weighted by atomic mass is 79.9. The second-order valence-electron chi connectivity index (χ2n) is 7.78. The Balaban J connectivity index is 0.00000137. The number of carboxylic acids is 1. The molecule has 0 radical (unpaired) electrons. The second-order valence-corrected chi connectivity index (χ2v) is 8.64. The topological polar surface area (TPSA) is 116 Å². The maximum atomic E-state index is 12.7. The lowest BCUT2D eigenvalue weighted by Crippen LogP contribution is -2.42. The highest BCUT2D eigenvalue weighted by Gasteiger charge is 2.22. The van der Waals surface area contributed by atoms with E-state index in [1.165, 1.54) is 0 Å². The van der Waals surface area contributed by atoms with Gasteiger partial charge in [0.15, 0.2) is 0 Å². The SMILES string of the molecule is CCO.Cc1cccc(C)c1C(=O)Nc1ccc(C[C@H](NC(=O)c2ccccc2Br)C(=O)O)cc1. The number of amides is 2. The van der Waals surface area contributed by atoms with Crippen molar-refractivity contribution in [3.05, 3.63) is 99.0 Å². The lowest BCUT2D eigenvalue weighted by atomic mass is 10.0. The molecule has 0 aliphatic heterocycles. The summed E-state index contributed by atoms with van der Waals surface area (Å²) in [6.07, 6.45) is 0.108. The second kappa shape index (κ2) is 13.4. The summed E-state index contributed by atoms with van der Waals surface area (Å²) >= 11 is 3.30. The molecule has 2 amide bonds. The molecule has 8 heteroatoms. The molecule has 184 valence electrons. The number of carbonyl (C=O) groups is 3. The molecule has 3 aromatic carbocycles. The van der Waals surface area contributed by atoms with Crippen LogP contribution in [0.5, 0.6) is 0 Å². The number of benzene rings is 3. The molecule has 35 heavy (non-hydrogen) atoms. The Morgan fingerprint density at radius 3 is 2.00 bits per heavy atom. The van der Waals surface area contributed by atoms with E-state index in [1.54, 1.807) is 55.5 Å². The summed E-state index contributed by atoms with van der Waals surface area (Å²) in [4.78, 5) is 36.8. The number of carboxylic acid groups (broad SMARTS) is 1. The van der Waals surface area contributed by atoms with Crippen LogP contribution in [0.4, 0.5) is 5.69 Å². The van der Waals surface area contributed by atoms with Crippen LogP contribution in [0.3, 0.4) is 0 Å². The molecule has 0 spiro atoms. The first-order valence-electron chi connectivity index (χ1n) is 11.0. The molecule has 0 aliphatic rings. The van der Waals surface area contributed by atoms with Gasteiger partial charge in [0.1, 0.15) is 6.04 Å². The van der Waals surface area contributed by atoms with Crippen molar-refractivity contribution in [3.8, 4) is 0 Å². The first-order valence-corrected chi connectivity index (χ1v) is 11.8. The van der Waals surface area contributed by atoms with E-state index in [-0.39, 0.29) is 18.9 Å². The molecule has 0 fully saturated rings. The number of carbonyl (C=O) groups excluding carboxylic acids is 2. The first-order chi connectivity index (χ1) is 16.7. The molecule has 0 bridgehead atoms. The molecular formula is C27H29BrN2O5. The van der Waals surface area contributed by atoms with Gasteiger partial charge in [-0.25, -0.2) is 4.79 Å². The molecule has 4 N–H and O–H groups in total. The van der Waals surface area contributed by atoms with Gasteiger partial charge >= 0.3 is 5.97 Å². The smallest absolute Gasteiger partial charge is 0.326 e. The van der Waals surface area contributed by atoms with Gasteiger partial charge < -0.3 is 20.8 Å². The zero-order valence-corrected chi connectivity index (χ0v) is 21.4. The lowest BCUT2D eigenvalue weighted by molar-refractivity contribution is -0.139. The summed E-state index contributed by atoms with van der Waals surface area (Å²) in [7, 11) is 0. The van der Waals surface area contributed by atoms with Crippen molar-refractivity contribution in [3.63, 3.8) is 0 Å². The molecule has 0 saturated carbocycles. The lowest BCUT2D eigenvalue weighted by Gasteiger charge is -2.16. The van der Waals surface area contributed by atoms with Crippen molar-refractivity contribution in [1.29, 1.82) is 0 Å². The Morgan fingerprint density at radius 1 is 0.886 bits per heavy atom. The van der Waals surface area contributed by atoms with Gasteiger partial charge in [-0.15, -0.1) is 0 Å². The van der Waals surface area contributed by atoms with E-state index in [9.17, 15) is 19.5 Å². The summed E-state index contributed by atoms with van der Waals surface area (Å²) < 4.78 is 0.589. The predicted octanol–water partition coefficient (Wildman–Crippen LogP) is 4.74. The molecular weight excluding hydrogens is 512 g/mol. The minimum atomic E-state index is -1.13. The Bertz CT molecular complexity index is 1160. The van der Waals surface area contributed by atoms with E-state index in [0.29, 0.717) is 21.3 Å². The summed E-state index contributed by atoms with van der Waals surface area (Å²) in [5.41, 5.74) is 4.11. The van der Waals surface area contributed by atoms with E-state index >= 15 is 0 Å². The van der Waals surface area contributed by atoms with Gasteiger partial charge in [-0.1, -0.05) is 42.5 Å². The van der Waals surface area contributed by atoms with Crippen LogP contribution >= 0.6 is 15.9 Å². The van der Waals surface area contributed by atoms with Gasteiger partial charge in [-0.05, 0) is 77.7 Å². The minimum Gasteiger partial charge on any atom is -0.480 e. The normalized spacial score (nSPS) is 11.0. The highest BCUT2D eigenvalue weighted by Crippen LogP contribution is 2.18. The third-order valence-corrected chi connectivity index (χ3v) is 5.77. The average molecular weight is 541 g/mol. The van der Waals surface area contributed by atoms with Gasteiger partial charge in [0.25, 0.3) is 11.8 Å². The van der Waals surface area contributed by atoms with E-state index in [1.807, 2.05) is 32.0 Å². The monoisotopic (exact) mass is 540 g/mol. The number of hydrogen-bond donors (Lipinski definition) is 4. The molecule has 1 atom stereocenters. The quantitative estimate of drug-likeness (QED) is 0.345. The number of hydrogen-bond acceptors (Lipinski definition) is 4. The van der Waals surface area contributed by atoms with Gasteiger partial charge in [0.2, 0.25) is 0 Å². The summed E-state index contributed by atoms with van der Waals surface area (Å²) in [5.74, 6) is -1.79. The van der Waals surface area contributed by atoms with Crippen molar-refractivity contribution in [2.24, 2.45) is 0 Å². The molecule has 0 aliphatic carbocycles.